The summed E-state index contributed by atoms with van der Waals surface area (Å²) in [5.41, 5.74) is 1.93. The average Bonchev–Trinajstić information content (AvgIpc) is 3.14. The zero-order chi connectivity index (χ0) is 42.8. The standard InChI is InChI=1S/C18H15P.C8H4FNO2.C6H3BrFNO2.C5H10Si.2C2H4O2.Pd/c1-4-10-16(11-5-1)19(17-12-6-2-7-13-17)18-14-8-3-9-15-18;1-2-6-3-4-7(9)8(5-6)10(11)12;7-4-1-2-5(8)6(3-4)9(10)11;1-5-6(2,3)4;2*1-2(3)4;/h1-15H;1,3-5H;1-3H;1H,2-4H3;2*1H3,(H,3,4);. The van der Waals surface area contributed by atoms with E-state index < -0.39 is 60.8 Å². The van der Waals surface area contributed by atoms with Crippen LogP contribution in [-0.2, 0) is 30.0 Å². The fourth-order valence-electron chi connectivity index (χ4n) is 3.55. The molecule has 0 atom stereocenters. The number of hydrogen-bond acceptors (Lipinski definition) is 6. The first-order chi connectivity index (χ1) is 26.2. The van der Waals surface area contributed by atoms with Crippen LogP contribution in [-0.4, -0.2) is 40.1 Å². The largest absolute Gasteiger partial charge is 0.481 e. The van der Waals surface area contributed by atoms with Crippen molar-refractivity contribution in [2.75, 3.05) is 0 Å². The maximum atomic E-state index is 12.6. The van der Waals surface area contributed by atoms with E-state index in [4.69, 9.17) is 32.6 Å². The molecule has 0 fully saturated rings. The van der Waals surface area contributed by atoms with E-state index in [0.717, 1.165) is 38.1 Å². The molecule has 0 aromatic heterocycles. The number of rotatable bonds is 5. The van der Waals surface area contributed by atoms with Gasteiger partial charge in [-0.1, -0.05) is 132 Å². The molecule has 2 N–H and O–H groups in total. The minimum Gasteiger partial charge on any atom is -0.481 e. The van der Waals surface area contributed by atoms with Crippen molar-refractivity contribution >= 4 is 71.2 Å². The Kier molecular flexibility index (Phi) is 27.3. The Balaban J connectivity index is 0. The van der Waals surface area contributed by atoms with Gasteiger partial charge in [-0.15, -0.1) is 18.4 Å². The van der Waals surface area contributed by atoms with E-state index in [1.807, 2.05) is 0 Å². The summed E-state index contributed by atoms with van der Waals surface area (Å²) in [5.74, 6) is -1.19. The van der Waals surface area contributed by atoms with E-state index in [-0.39, 0.29) is 20.4 Å². The van der Waals surface area contributed by atoms with Crippen molar-refractivity contribution in [3.63, 3.8) is 0 Å². The van der Waals surface area contributed by atoms with Crippen LogP contribution < -0.4 is 15.9 Å². The smallest absolute Gasteiger partial charge is 0.306 e. The number of carboxylic acids is 2. The molecule has 5 aromatic rings. The molecule has 57 heavy (non-hydrogen) atoms. The van der Waals surface area contributed by atoms with Crippen LogP contribution in [0.3, 0.4) is 0 Å². The van der Waals surface area contributed by atoms with Crippen LogP contribution in [0.15, 0.2) is 132 Å². The molecule has 0 saturated carbocycles. The van der Waals surface area contributed by atoms with E-state index in [9.17, 15) is 29.0 Å². The summed E-state index contributed by atoms with van der Waals surface area (Å²) in [4.78, 5) is 36.7. The third-order valence-corrected chi connectivity index (χ3v) is 9.69. The number of halogens is 3. The van der Waals surface area contributed by atoms with Gasteiger partial charge in [-0.05, 0) is 48.1 Å². The number of nitrogens with zero attached hydrogens (tertiary/aromatic N) is 2. The zero-order valence-corrected chi connectivity index (χ0v) is 36.4. The number of hydrogen-bond donors (Lipinski definition) is 2. The molecule has 0 aliphatic heterocycles. The third-order valence-electron chi connectivity index (χ3n) is 5.89. The Bertz CT molecular complexity index is 1990. The number of nitro groups is 2. The van der Waals surface area contributed by atoms with E-state index in [1.54, 1.807) is 0 Å². The van der Waals surface area contributed by atoms with Gasteiger partial charge in [0.1, 0.15) is 8.07 Å². The Labute approximate surface area is 355 Å². The predicted molar refractivity (Wildman–Crippen MR) is 226 cm³/mol. The molecule has 0 heterocycles. The second-order valence-electron chi connectivity index (χ2n) is 11.7. The molecular weight excluding hydrogens is 932 g/mol. The summed E-state index contributed by atoms with van der Waals surface area (Å²) in [6, 6.07) is 39.2. The Morgan fingerprint density at radius 1 is 0.667 bits per heavy atom. The first-order valence-electron chi connectivity index (χ1n) is 16.1. The van der Waals surface area contributed by atoms with Crippen molar-refractivity contribution < 1.29 is 58.9 Å². The maximum absolute atomic E-state index is 12.6. The Hall–Kier alpha value is -5.39. The quantitative estimate of drug-likeness (QED) is 0.0580. The van der Waals surface area contributed by atoms with Crippen molar-refractivity contribution in [2.45, 2.75) is 33.5 Å². The SMILES string of the molecule is C#C[Si](C)(C)C.C#Cc1ccc(F)c([N+](=O)[O-])c1.CC(=O)O.CC(=O)O.O=[N+]([O-])c1cc(Br)ccc1F.[Pd].c1ccc(P(c2ccccc2)c2ccccc2)cc1. The first kappa shape index (κ1) is 53.7. The molecule has 10 nitrogen and oxygen atoms in total. The van der Waals surface area contributed by atoms with Crippen LogP contribution in [0, 0.1) is 56.2 Å². The number of carboxylic acid groups (broad SMARTS) is 2. The second kappa shape index (κ2) is 28.9. The van der Waals surface area contributed by atoms with E-state index in [0.29, 0.717) is 10.0 Å². The second-order valence-corrected chi connectivity index (χ2v) is 19.6. The van der Waals surface area contributed by atoms with Gasteiger partial charge in [0.15, 0.2) is 0 Å². The van der Waals surface area contributed by atoms with Gasteiger partial charge >= 0.3 is 11.4 Å². The number of nitro benzene ring substituents is 2. The first-order valence-corrected chi connectivity index (χ1v) is 21.7. The van der Waals surface area contributed by atoms with Gasteiger partial charge in [-0.25, -0.2) is 0 Å². The topological polar surface area (TPSA) is 161 Å². The Morgan fingerprint density at radius 2 is 0.965 bits per heavy atom. The van der Waals surface area contributed by atoms with Crippen molar-refractivity contribution in [1.82, 2.24) is 0 Å². The fourth-order valence-corrected chi connectivity index (χ4v) is 6.20. The minimum atomic E-state index is -1.10. The minimum absolute atomic E-state index is 0. The van der Waals surface area contributed by atoms with Crippen LogP contribution >= 0.6 is 23.9 Å². The third kappa shape index (κ3) is 24.7. The van der Waals surface area contributed by atoms with Crippen molar-refractivity contribution in [1.29, 1.82) is 0 Å². The normalized spacial score (nSPS) is 9.25. The molecule has 0 aliphatic carbocycles. The fraction of sp³-hybridized carbons (Fsp3) is 0.122. The Morgan fingerprint density at radius 3 is 1.23 bits per heavy atom. The maximum Gasteiger partial charge on any atom is 0.306 e. The number of aliphatic carboxylic acids is 2. The number of benzene rings is 5. The molecule has 0 amide bonds. The van der Waals surface area contributed by atoms with Crippen molar-refractivity contribution in [2.24, 2.45) is 0 Å². The molecule has 0 saturated heterocycles. The molecule has 5 rings (SSSR count). The zero-order valence-electron chi connectivity index (χ0n) is 31.4. The van der Waals surface area contributed by atoms with E-state index in [1.165, 1.54) is 28.0 Å². The summed E-state index contributed by atoms with van der Waals surface area (Å²) in [7, 11) is -1.55. The number of carbonyl (C=O) groups is 2. The van der Waals surface area contributed by atoms with Crippen molar-refractivity contribution in [3.8, 4) is 24.3 Å². The monoisotopic (exact) mass is 970 g/mol. The summed E-state index contributed by atoms with van der Waals surface area (Å²) in [6.07, 6.45) is 10.1. The molecule has 0 aliphatic rings. The summed E-state index contributed by atoms with van der Waals surface area (Å²) in [5, 5.41) is 39.3. The summed E-state index contributed by atoms with van der Waals surface area (Å²) >= 11 is 2.99. The molecule has 0 spiro atoms. The van der Waals surface area contributed by atoms with Crippen LogP contribution in [0.1, 0.15) is 19.4 Å². The van der Waals surface area contributed by atoms with Crippen molar-refractivity contribution in [3.05, 3.63) is 169 Å². The average molecular weight is 972 g/mol. The summed E-state index contributed by atoms with van der Waals surface area (Å²) in [6.45, 7) is 8.60. The van der Waals surface area contributed by atoms with Crippen LogP contribution in [0.4, 0.5) is 20.2 Å². The van der Waals surface area contributed by atoms with Gasteiger partial charge in [0, 0.05) is 56.4 Å². The molecule has 0 radical (unpaired) electrons. The predicted octanol–water partition coefficient (Wildman–Crippen LogP) is 9.33. The van der Waals surface area contributed by atoms with Gasteiger partial charge in [0.05, 0.1) is 9.85 Å². The molecule has 5 aromatic carbocycles. The summed E-state index contributed by atoms with van der Waals surface area (Å²) < 4.78 is 25.7. The number of terminal acetylenes is 2. The van der Waals surface area contributed by atoms with Crippen LogP contribution in [0.5, 0.6) is 0 Å². The van der Waals surface area contributed by atoms with Gasteiger partial charge in [0.25, 0.3) is 11.9 Å². The van der Waals surface area contributed by atoms with Crippen LogP contribution in [0.25, 0.3) is 0 Å². The van der Waals surface area contributed by atoms with E-state index in [2.05, 4.69) is 138 Å². The molecule has 0 bridgehead atoms. The van der Waals surface area contributed by atoms with Gasteiger partial charge < -0.3 is 10.2 Å². The molecule has 16 heteroatoms. The molecular formula is C41H40BrF2N2O8PPdSi. The molecule has 0 unspecified atom stereocenters. The van der Waals surface area contributed by atoms with E-state index >= 15 is 0 Å². The molecule has 302 valence electrons. The van der Waals surface area contributed by atoms with Crippen LogP contribution in [0.2, 0.25) is 19.6 Å². The van der Waals surface area contributed by atoms with Gasteiger partial charge in [0.2, 0.25) is 11.6 Å². The van der Waals surface area contributed by atoms with Gasteiger partial charge in [-0.3, -0.25) is 29.8 Å². The van der Waals surface area contributed by atoms with Gasteiger partial charge in [-0.2, -0.15) is 8.78 Å².